The summed E-state index contributed by atoms with van der Waals surface area (Å²) < 4.78 is 0. The van der Waals surface area contributed by atoms with Crippen LogP contribution in [0.4, 0.5) is 0 Å². The maximum Gasteiger partial charge on any atom is 0.0244 e. The van der Waals surface area contributed by atoms with Gasteiger partial charge in [0.1, 0.15) is 0 Å². The summed E-state index contributed by atoms with van der Waals surface area (Å²) in [6.07, 6.45) is 5.54. The molecule has 0 rings (SSSR count). The first kappa shape index (κ1) is 12.2. The highest BCUT2D eigenvalue weighted by Gasteiger charge is 1.98. The number of hydrogen-bond donors (Lipinski definition) is 2. The van der Waals surface area contributed by atoms with E-state index in [9.17, 15) is 0 Å². The lowest BCUT2D eigenvalue weighted by molar-refractivity contribution is 0.558. The number of allylic oxidation sites excluding steroid dienone is 1. The Morgan fingerprint density at radius 2 is 2.15 bits per heavy atom. The van der Waals surface area contributed by atoms with Crippen molar-refractivity contribution in [2.45, 2.75) is 32.2 Å². The van der Waals surface area contributed by atoms with Gasteiger partial charge in [-0.3, -0.25) is 0 Å². The number of nitrogens with one attached hydrogen (secondary N) is 2. The Hall–Kier alpha value is -0.760. The van der Waals surface area contributed by atoms with Crippen LogP contribution in [-0.4, -0.2) is 19.6 Å². The monoisotopic (exact) mass is 182 g/mol. The summed E-state index contributed by atoms with van der Waals surface area (Å²) in [5, 5.41) is 6.41. The summed E-state index contributed by atoms with van der Waals surface area (Å²) in [5.41, 5.74) is 1.05. The number of hydrogen-bond acceptors (Lipinski definition) is 2. The predicted octanol–water partition coefficient (Wildman–Crippen LogP) is 2.05. The van der Waals surface area contributed by atoms with Crippen LogP contribution in [0.3, 0.4) is 0 Å². The Morgan fingerprint density at radius 1 is 1.46 bits per heavy atom. The normalized spacial score (nSPS) is 12.2. The van der Waals surface area contributed by atoms with E-state index in [1.54, 1.807) is 0 Å². The molecule has 0 aliphatic rings. The van der Waals surface area contributed by atoms with Gasteiger partial charge in [0.25, 0.3) is 0 Å². The Morgan fingerprint density at radius 3 is 2.62 bits per heavy atom. The molecule has 0 spiro atoms. The summed E-state index contributed by atoms with van der Waals surface area (Å²) in [4.78, 5) is 0. The molecule has 0 heterocycles. The van der Waals surface area contributed by atoms with E-state index in [-0.39, 0.29) is 0 Å². The van der Waals surface area contributed by atoms with Gasteiger partial charge >= 0.3 is 0 Å². The van der Waals surface area contributed by atoms with Crippen LogP contribution in [0.2, 0.25) is 0 Å². The van der Waals surface area contributed by atoms with Gasteiger partial charge in [0, 0.05) is 18.3 Å². The highest BCUT2D eigenvalue weighted by atomic mass is 14.9. The second-order valence-corrected chi connectivity index (χ2v) is 3.33. The molecule has 0 saturated heterocycles. The molecule has 0 aromatic heterocycles. The molecule has 0 bridgehead atoms. The van der Waals surface area contributed by atoms with Crippen LogP contribution in [0.15, 0.2) is 24.9 Å². The lowest BCUT2D eigenvalue weighted by Crippen LogP contribution is -2.22. The third kappa shape index (κ3) is 7.60. The van der Waals surface area contributed by atoms with Crippen molar-refractivity contribution < 1.29 is 0 Å². The van der Waals surface area contributed by atoms with Crippen molar-refractivity contribution in [2.75, 3.05) is 13.6 Å². The van der Waals surface area contributed by atoms with Crippen LogP contribution in [0, 0.1) is 0 Å². The van der Waals surface area contributed by atoms with E-state index in [2.05, 4.69) is 23.8 Å². The predicted molar refractivity (Wildman–Crippen MR) is 59.7 cm³/mol. The molecule has 2 N–H and O–H groups in total. The molecule has 0 saturated carbocycles. The van der Waals surface area contributed by atoms with Gasteiger partial charge in [0.15, 0.2) is 0 Å². The van der Waals surface area contributed by atoms with Crippen LogP contribution in [0.25, 0.3) is 0 Å². The quantitative estimate of drug-likeness (QED) is 0.443. The van der Waals surface area contributed by atoms with Gasteiger partial charge in [-0.15, -0.1) is 6.58 Å². The Kier molecular flexibility index (Phi) is 7.41. The number of likely N-dealkylation sites (N-methyl/N-ethyl adjacent to an activating group) is 1. The molecule has 1 unspecified atom stereocenters. The van der Waals surface area contributed by atoms with Crippen molar-refractivity contribution in [2.24, 2.45) is 0 Å². The molecular formula is C11H22N2. The summed E-state index contributed by atoms with van der Waals surface area (Å²) in [6.45, 7) is 10.6. The molecular weight excluding hydrogens is 160 g/mol. The van der Waals surface area contributed by atoms with Gasteiger partial charge in [0.05, 0.1) is 0 Å². The van der Waals surface area contributed by atoms with E-state index in [1.807, 2.05) is 20.0 Å². The van der Waals surface area contributed by atoms with Gasteiger partial charge in [-0.2, -0.15) is 0 Å². The molecule has 2 heteroatoms. The standard InChI is InChI=1S/C11H22N2/c1-5-11(12-4)8-6-7-9-13-10(2)3/h5,11-13H,1-2,6-9H2,3-4H3. The topological polar surface area (TPSA) is 24.1 Å². The Balaban J connectivity index is 3.24. The maximum absolute atomic E-state index is 3.78. The fourth-order valence-corrected chi connectivity index (χ4v) is 1.17. The van der Waals surface area contributed by atoms with Crippen LogP contribution in [0.5, 0.6) is 0 Å². The molecule has 76 valence electrons. The first-order valence-electron chi connectivity index (χ1n) is 4.90. The average Bonchev–Trinajstić information content (AvgIpc) is 2.11. The van der Waals surface area contributed by atoms with Crippen molar-refractivity contribution in [3.8, 4) is 0 Å². The average molecular weight is 182 g/mol. The molecule has 13 heavy (non-hydrogen) atoms. The number of rotatable bonds is 8. The van der Waals surface area contributed by atoms with Gasteiger partial charge in [-0.25, -0.2) is 0 Å². The summed E-state index contributed by atoms with van der Waals surface area (Å²) in [7, 11) is 1.97. The highest BCUT2D eigenvalue weighted by molar-refractivity contribution is 4.85. The van der Waals surface area contributed by atoms with Gasteiger partial charge in [-0.1, -0.05) is 12.7 Å². The minimum absolute atomic E-state index is 0.463. The smallest absolute Gasteiger partial charge is 0.0244 e. The van der Waals surface area contributed by atoms with Crippen LogP contribution >= 0.6 is 0 Å². The van der Waals surface area contributed by atoms with Gasteiger partial charge < -0.3 is 10.6 Å². The molecule has 0 fully saturated rings. The van der Waals surface area contributed by atoms with E-state index in [4.69, 9.17) is 0 Å². The first-order valence-corrected chi connectivity index (χ1v) is 4.90. The highest BCUT2D eigenvalue weighted by Crippen LogP contribution is 2.00. The Bertz CT molecular complexity index is 152. The second-order valence-electron chi connectivity index (χ2n) is 3.33. The summed E-state index contributed by atoms with van der Waals surface area (Å²) in [6, 6.07) is 0.463. The third-order valence-corrected chi connectivity index (χ3v) is 2.02. The SMILES string of the molecule is C=CC(CCCCNC(=C)C)NC. The molecule has 0 aromatic rings. The zero-order chi connectivity index (χ0) is 10.1. The van der Waals surface area contributed by atoms with Crippen molar-refractivity contribution in [3.63, 3.8) is 0 Å². The lowest BCUT2D eigenvalue weighted by atomic mass is 10.1. The van der Waals surface area contributed by atoms with E-state index in [1.165, 1.54) is 12.8 Å². The third-order valence-electron chi connectivity index (χ3n) is 2.02. The molecule has 0 aliphatic carbocycles. The molecule has 0 aliphatic heterocycles. The van der Waals surface area contributed by atoms with Crippen molar-refractivity contribution in [1.82, 2.24) is 10.6 Å². The van der Waals surface area contributed by atoms with Crippen LogP contribution < -0.4 is 10.6 Å². The second kappa shape index (κ2) is 7.87. The van der Waals surface area contributed by atoms with E-state index in [0.29, 0.717) is 6.04 Å². The minimum Gasteiger partial charge on any atom is -0.389 e. The van der Waals surface area contributed by atoms with Gasteiger partial charge in [-0.05, 0) is 33.2 Å². The van der Waals surface area contributed by atoms with E-state index >= 15 is 0 Å². The molecule has 2 nitrogen and oxygen atoms in total. The van der Waals surface area contributed by atoms with Crippen molar-refractivity contribution in [3.05, 3.63) is 24.9 Å². The molecule has 0 radical (unpaired) electrons. The van der Waals surface area contributed by atoms with Crippen LogP contribution in [0.1, 0.15) is 26.2 Å². The number of unbranched alkanes of at least 4 members (excludes halogenated alkanes) is 1. The largest absolute Gasteiger partial charge is 0.389 e. The maximum atomic E-state index is 3.78. The fourth-order valence-electron chi connectivity index (χ4n) is 1.17. The van der Waals surface area contributed by atoms with Crippen molar-refractivity contribution >= 4 is 0 Å². The fraction of sp³-hybridized carbons (Fsp3) is 0.636. The van der Waals surface area contributed by atoms with Crippen LogP contribution in [-0.2, 0) is 0 Å². The van der Waals surface area contributed by atoms with Gasteiger partial charge in [0.2, 0.25) is 0 Å². The molecule has 0 aromatic carbocycles. The molecule has 0 amide bonds. The summed E-state index contributed by atoms with van der Waals surface area (Å²) >= 11 is 0. The zero-order valence-electron chi connectivity index (χ0n) is 8.90. The van der Waals surface area contributed by atoms with E-state index in [0.717, 1.165) is 18.7 Å². The first-order chi connectivity index (χ1) is 6.20. The summed E-state index contributed by atoms with van der Waals surface area (Å²) in [5.74, 6) is 0. The zero-order valence-corrected chi connectivity index (χ0v) is 8.90. The lowest BCUT2D eigenvalue weighted by Gasteiger charge is -2.10. The van der Waals surface area contributed by atoms with E-state index < -0.39 is 0 Å². The minimum atomic E-state index is 0.463. The Labute approximate surface area is 82.1 Å². The van der Waals surface area contributed by atoms with Crippen molar-refractivity contribution in [1.29, 1.82) is 0 Å². The molecule has 1 atom stereocenters.